The molecule has 0 unspecified atom stereocenters. The Balaban J connectivity index is 1.33. The van der Waals surface area contributed by atoms with Gasteiger partial charge in [0.25, 0.3) is 0 Å². The van der Waals surface area contributed by atoms with Gasteiger partial charge < -0.3 is 0 Å². The molecule has 0 aromatic heterocycles. The van der Waals surface area contributed by atoms with E-state index in [-0.39, 0.29) is 5.41 Å². The summed E-state index contributed by atoms with van der Waals surface area (Å²) in [7, 11) is 0. The fourth-order valence-corrected chi connectivity index (χ4v) is 8.80. The molecule has 0 amide bonds. The predicted octanol–water partition coefficient (Wildman–Crippen LogP) is 13.6. The van der Waals surface area contributed by atoms with E-state index in [1.807, 2.05) is 0 Å². The lowest BCUT2D eigenvalue weighted by atomic mass is 9.80. The highest BCUT2D eigenvalue weighted by Gasteiger charge is 2.37. The van der Waals surface area contributed by atoms with Crippen molar-refractivity contribution in [3.8, 4) is 44.5 Å². The molecular weight excluding hydrogens is 589 g/mol. The Bertz CT molecular complexity index is 2720. The SMILES string of the molecule is CC1(C)c2ccccc2-c2c1cc(-c1cc(-c3c4ccccc4c(-c4ccccc4)c4ccccc34)c3ccccc3c1)c1ccccc21. The molecule has 0 aliphatic heterocycles. The molecule has 0 spiro atoms. The first kappa shape index (κ1) is 28.1. The minimum Gasteiger partial charge on any atom is -0.0622 e. The molecule has 10 rings (SSSR count). The van der Waals surface area contributed by atoms with Crippen molar-refractivity contribution in [1.29, 1.82) is 0 Å². The molecule has 0 heterocycles. The first-order valence-electron chi connectivity index (χ1n) is 17.3. The van der Waals surface area contributed by atoms with Gasteiger partial charge in [0, 0.05) is 5.41 Å². The van der Waals surface area contributed by atoms with Crippen LogP contribution in [0.1, 0.15) is 25.0 Å². The van der Waals surface area contributed by atoms with Gasteiger partial charge >= 0.3 is 0 Å². The van der Waals surface area contributed by atoms with Crippen molar-refractivity contribution in [2.75, 3.05) is 0 Å². The Morgan fingerprint density at radius 2 is 0.816 bits per heavy atom. The summed E-state index contributed by atoms with van der Waals surface area (Å²) in [5.41, 5.74) is 13.1. The van der Waals surface area contributed by atoms with Crippen LogP contribution in [0.3, 0.4) is 0 Å². The van der Waals surface area contributed by atoms with Gasteiger partial charge in [0.1, 0.15) is 0 Å². The van der Waals surface area contributed by atoms with Crippen molar-refractivity contribution in [3.63, 3.8) is 0 Å². The van der Waals surface area contributed by atoms with E-state index >= 15 is 0 Å². The monoisotopic (exact) mass is 622 g/mol. The fourth-order valence-electron chi connectivity index (χ4n) is 8.80. The van der Waals surface area contributed by atoms with Gasteiger partial charge in [-0.1, -0.05) is 166 Å². The van der Waals surface area contributed by atoms with E-state index in [1.54, 1.807) is 0 Å². The average molecular weight is 623 g/mol. The lowest BCUT2D eigenvalue weighted by molar-refractivity contribution is 0.661. The molecule has 0 saturated carbocycles. The number of fused-ring (bicyclic) bond motifs is 8. The van der Waals surface area contributed by atoms with Crippen LogP contribution in [0.4, 0.5) is 0 Å². The van der Waals surface area contributed by atoms with Crippen LogP contribution in [-0.2, 0) is 5.41 Å². The maximum atomic E-state index is 2.50. The Hall–Kier alpha value is -5.98. The molecule has 0 atom stereocenters. The molecule has 0 saturated heterocycles. The lowest BCUT2D eigenvalue weighted by Gasteiger charge is -2.23. The third-order valence-electron chi connectivity index (χ3n) is 11.0. The second-order valence-electron chi connectivity index (χ2n) is 14.0. The van der Waals surface area contributed by atoms with Crippen LogP contribution < -0.4 is 0 Å². The third-order valence-corrected chi connectivity index (χ3v) is 11.0. The predicted molar refractivity (Wildman–Crippen MR) is 210 cm³/mol. The standard InChI is InChI=1S/C49H34/c1-49(2)44-27-15-14-26-41(44)48-36-21-9-8-20-35(36)42(30-45(48)49)33-28-32-18-6-7-19-34(32)43(29-33)47-39-24-12-10-22-37(39)46(31-16-4-3-5-17-31)38-23-11-13-25-40(38)47/h3-30H,1-2H3. The van der Waals surface area contributed by atoms with E-state index in [1.165, 1.54) is 98.7 Å². The summed E-state index contributed by atoms with van der Waals surface area (Å²) in [5.74, 6) is 0. The first-order chi connectivity index (χ1) is 24.1. The van der Waals surface area contributed by atoms with E-state index < -0.39 is 0 Å². The van der Waals surface area contributed by atoms with Crippen molar-refractivity contribution in [3.05, 3.63) is 181 Å². The lowest BCUT2D eigenvalue weighted by Crippen LogP contribution is -2.15. The van der Waals surface area contributed by atoms with Gasteiger partial charge in [-0.05, 0) is 117 Å². The van der Waals surface area contributed by atoms with Gasteiger partial charge in [-0.3, -0.25) is 0 Å². The van der Waals surface area contributed by atoms with E-state index in [0.29, 0.717) is 0 Å². The zero-order chi connectivity index (χ0) is 32.7. The molecule has 0 radical (unpaired) electrons. The number of benzene rings is 9. The van der Waals surface area contributed by atoms with Gasteiger partial charge in [0.15, 0.2) is 0 Å². The molecule has 1 aliphatic carbocycles. The summed E-state index contributed by atoms with van der Waals surface area (Å²) >= 11 is 0. The highest BCUT2D eigenvalue weighted by atomic mass is 14.4. The van der Waals surface area contributed by atoms with Gasteiger partial charge in [-0.25, -0.2) is 0 Å². The molecule has 0 heteroatoms. The maximum Gasteiger partial charge on any atom is 0.0159 e. The maximum absolute atomic E-state index is 2.50. The molecule has 49 heavy (non-hydrogen) atoms. The third kappa shape index (κ3) is 4.04. The largest absolute Gasteiger partial charge is 0.0622 e. The van der Waals surface area contributed by atoms with Crippen molar-refractivity contribution in [1.82, 2.24) is 0 Å². The molecule has 0 fully saturated rings. The van der Waals surface area contributed by atoms with Crippen molar-refractivity contribution >= 4 is 43.1 Å². The minimum absolute atomic E-state index is 0.0932. The normalized spacial score (nSPS) is 13.3. The number of hydrogen-bond donors (Lipinski definition) is 0. The molecule has 1 aliphatic rings. The van der Waals surface area contributed by atoms with Crippen LogP contribution in [0, 0.1) is 0 Å². The van der Waals surface area contributed by atoms with Crippen LogP contribution in [-0.4, -0.2) is 0 Å². The van der Waals surface area contributed by atoms with E-state index in [0.717, 1.165) is 0 Å². The van der Waals surface area contributed by atoms with Crippen LogP contribution in [0.2, 0.25) is 0 Å². The van der Waals surface area contributed by atoms with Gasteiger partial charge in [-0.15, -0.1) is 0 Å². The Morgan fingerprint density at radius 3 is 1.49 bits per heavy atom. The molecule has 0 bridgehead atoms. The Kier molecular flexibility index (Phi) is 6.02. The molecule has 9 aromatic carbocycles. The van der Waals surface area contributed by atoms with Crippen LogP contribution >= 0.6 is 0 Å². The molecule has 0 nitrogen and oxygen atoms in total. The van der Waals surface area contributed by atoms with Crippen molar-refractivity contribution < 1.29 is 0 Å². The summed E-state index contributed by atoms with van der Waals surface area (Å²) in [6, 6.07) is 63.1. The second kappa shape index (κ2) is 10.5. The quantitative estimate of drug-likeness (QED) is 0.172. The molecule has 0 N–H and O–H groups in total. The first-order valence-corrected chi connectivity index (χ1v) is 17.3. The van der Waals surface area contributed by atoms with Crippen molar-refractivity contribution in [2.24, 2.45) is 0 Å². The smallest absolute Gasteiger partial charge is 0.0159 e. The number of rotatable bonds is 3. The zero-order valence-electron chi connectivity index (χ0n) is 27.7. The van der Waals surface area contributed by atoms with Crippen LogP contribution in [0.25, 0.3) is 87.6 Å². The van der Waals surface area contributed by atoms with Gasteiger partial charge in [-0.2, -0.15) is 0 Å². The van der Waals surface area contributed by atoms with E-state index in [4.69, 9.17) is 0 Å². The zero-order valence-corrected chi connectivity index (χ0v) is 27.7. The van der Waals surface area contributed by atoms with Gasteiger partial charge in [0.05, 0.1) is 0 Å². The second-order valence-corrected chi connectivity index (χ2v) is 14.0. The molecule has 230 valence electrons. The number of hydrogen-bond acceptors (Lipinski definition) is 0. The summed E-state index contributed by atoms with van der Waals surface area (Å²) in [6.45, 7) is 4.77. The van der Waals surface area contributed by atoms with Crippen LogP contribution in [0.5, 0.6) is 0 Å². The van der Waals surface area contributed by atoms with Crippen molar-refractivity contribution in [2.45, 2.75) is 19.3 Å². The summed E-state index contributed by atoms with van der Waals surface area (Å²) < 4.78 is 0. The molecule has 9 aromatic rings. The summed E-state index contributed by atoms with van der Waals surface area (Å²) in [6.07, 6.45) is 0. The minimum atomic E-state index is -0.0932. The van der Waals surface area contributed by atoms with Crippen LogP contribution in [0.15, 0.2) is 170 Å². The fraction of sp³-hybridized carbons (Fsp3) is 0.0612. The van der Waals surface area contributed by atoms with E-state index in [9.17, 15) is 0 Å². The topological polar surface area (TPSA) is 0 Å². The average Bonchev–Trinajstić information content (AvgIpc) is 3.39. The molecular formula is C49H34. The summed E-state index contributed by atoms with van der Waals surface area (Å²) in [4.78, 5) is 0. The highest BCUT2D eigenvalue weighted by molar-refractivity contribution is 6.24. The summed E-state index contributed by atoms with van der Waals surface area (Å²) in [5, 5.41) is 10.2. The Labute approximate surface area is 286 Å². The highest BCUT2D eigenvalue weighted by Crippen LogP contribution is 2.54. The Morgan fingerprint density at radius 1 is 0.306 bits per heavy atom. The van der Waals surface area contributed by atoms with E-state index in [2.05, 4.69) is 184 Å². The van der Waals surface area contributed by atoms with Gasteiger partial charge in [0.2, 0.25) is 0 Å².